The number of rotatable bonds is 4. The monoisotopic (exact) mass is 282 g/mol. The van der Waals surface area contributed by atoms with Crippen molar-refractivity contribution in [2.45, 2.75) is 26.3 Å². The number of nitrogens with two attached hydrogens (primary N) is 1. The molecule has 0 radical (unpaired) electrons. The molecule has 1 aromatic carbocycles. The quantitative estimate of drug-likeness (QED) is 0.796. The highest BCUT2D eigenvalue weighted by atomic mass is 15.4. The summed E-state index contributed by atoms with van der Waals surface area (Å²) in [5.74, 6) is 0.782. The first-order chi connectivity index (χ1) is 10.1. The van der Waals surface area contributed by atoms with Gasteiger partial charge in [0.15, 0.2) is 5.82 Å². The van der Waals surface area contributed by atoms with Crippen LogP contribution in [-0.4, -0.2) is 24.8 Å². The number of benzene rings is 1. The van der Waals surface area contributed by atoms with Crippen LogP contribution in [0.15, 0.2) is 42.7 Å². The third kappa shape index (κ3) is 2.65. The molecule has 0 amide bonds. The van der Waals surface area contributed by atoms with Crippen molar-refractivity contribution in [2.75, 3.05) is 5.73 Å². The summed E-state index contributed by atoms with van der Waals surface area (Å²) in [5, 5.41) is 12.5. The Kier molecular flexibility index (Phi) is 3.43. The zero-order valence-corrected chi connectivity index (χ0v) is 12.1. The summed E-state index contributed by atoms with van der Waals surface area (Å²) in [4.78, 5) is 0. The predicted molar refractivity (Wildman–Crippen MR) is 81.2 cm³/mol. The van der Waals surface area contributed by atoms with Crippen LogP contribution in [0.5, 0.6) is 0 Å². The van der Waals surface area contributed by atoms with Crippen molar-refractivity contribution >= 4 is 5.82 Å². The molecule has 0 saturated carbocycles. The van der Waals surface area contributed by atoms with Crippen molar-refractivity contribution in [3.8, 4) is 5.69 Å². The molecule has 0 bridgehead atoms. The number of hydrogen-bond acceptors (Lipinski definition) is 4. The van der Waals surface area contributed by atoms with Crippen LogP contribution in [0.3, 0.4) is 0 Å². The standard InChI is InChI=1S/C15H18N6/c1-11(2)14-15(16)18-19-21(14)10-12-8-17-20(9-12)13-6-4-3-5-7-13/h3-9,11H,10,16H2,1-2H3. The molecule has 2 aromatic heterocycles. The highest BCUT2D eigenvalue weighted by molar-refractivity contribution is 5.36. The van der Waals surface area contributed by atoms with Crippen molar-refractivity contribution < 1.29 is 0 Å². The summed E-state index contributed by atoms with van der Waals surface area (Å²) in [6.07, 6.45) is 3.84. The Bertz CT molecular complexity index is 726. The molecule has 0 unspecified atom stereocenters. The van der Waals surface area contributed by atoms with E-state index >= 15 is 0 Å². The third-order valence-electron chi connectivity index (χ3n) is 3.34. The Morgan fingerprint density at radius 2 is 1.95 bits per heavy atom. The summed E-state index contributed by atoms with van der Waals surface area (Å²) in [5.41, 5.74) is 8.93. The molecule has 0 aliphatic heterocycles. The van der Waals surface area contributed by atoms with Gasteiger partial charge in [0, 0.05) is 11.8 Å². The molecule has 0 fully saturated rings. The Morgan fingerprint density at radius 1 is 1.19 bits per heavy atom. The molecule has 0 atom stereocenters. The highest BCUT2D eigenvalue weighted by Gasteiger charge is 2.14. The fourth-order valence-corrected chi connectivity index (χ4v) is 2.38. The van der Waals surface area contributed by atoms with Crippen LogP contribution in [0.25, 0.3) is 5.69 Å². The SMILES string of the molecule is CC(C)c1c(N)nnn1Cc1cnn(-c2ccccc2)c1. The lowest BCUT2D eigenvalue weighted by atomic mass is 10.1. The second-order valence-corrected chi connectivity index (χ2v) is 5.30. The lowest BCUT2D eigenvalue weighted by molar-refractivity contribution is 0.598. The van der Waals surface area contributed by atoms with Gasteiger partial charge in [0.25, 0.3) is 0 Å². The maximum absolute atomic E-state index is 5.88. The van der Waals surface area contributed by atoms with Crippen molar-refractivity contribution in [3.05, 3.63) is 54.0 Å². The first-order valence-corrected chi connectivity index (χ1v) is 6.93. The summed E-state index contributed by atoms with van der Waals surface area (Å²) in [7, 11) is 0. The number of nitrogen functional groups attached to an aromatic ring is 1. The Labute approximate surface area is 123 Å². The number of hydrogen-bond donors (Lipinski definition) is 1. The molecular formula is C15H18N6. The molecule has 2 heterocycles. The fourth-order valence-electron chi connectivity index (χ4n) is 2.38. The van der Waals surface area contributed by atoms with Crippen LogP contribution in [-0.2, 0) is 6.54 Å². The van der Waals surface area contributed by atoms with Crippen molar-refractivity contribution in [1.82, 2.24) is 24.8 Å². The van der Waals surface area contributed by atoms with Crippen LogP contribution >= 0.6 is 0 Å². The third-order valence-corrected chi connectivity index (χ3v) is 3.34. The van der Waals surface area contributed by atoms with Crippen molar-refractivity contribution in [2.24, 2.45) is 0 Å². The van der Waals surface area contributed by atoms with E-state index in [2.05, 4.69) is 29.3 Å². The average Bonchev–Trinajstić information content (AvgIpc) is 3.07. The molecular weight excluding hydrogens is 264 g/mol. The van der Waals surface area contributed by atoms with Crippen molar-refractivity contribution in [1.29, 1.82) is 0 Å². The minimum atomic E-state index is 0.282. The van der Waals surface area contributed by atoms with E-state index in [1.54, 1.807) is 0 Å². The molecule has 3 aromatic rings. The molecule has 0 aliphatic rings. The molecule has 3 rings (SSSR count). The smallest absolute Gasteiger partial charge is 0.169 e. The van der Waals surface area contributed by atoms with Gasteiger partial charge in [-0.3, -0.25) is 0 Å². The van der Waals surface area contributed by atoms with E-state index < -0.39 is 0 Å². The van der Waals surface area contributed by atoms with Crippen LogP contribution < -0.4 is 5.73 Å². The van der Waals surface area contributed by atoms with Crippen LogP contribution in [0.4, 0.5) is 5.82 Å². The van der Waals surface area contributed by atoms with Crippen LogP contribution in [0, 0.1) is 0 Å². The number of aromatic nitrogens is 5. The van der Waals surface area contributed by atoms with Gasteiger partial charge in [-0.25, -0.2) is 9.36 Å². The molecule has 2 N–H and O–H groups in total. The van der Waals surface area contributed by atoms with Gasteiger partial charge in [0.2, 0.25) is 0 Å². The Balaban J connectivity index is 1.85. The molecule has 6 nitrogen and oxygen atoms in total. The van der Waals surface area contributed by atoms with Gasteiger partial charge >= 0.3 is 0 Å². The number of para-hydroxylation sites is 1. The van der Waals surface area contributed by atoms with E-state index in [9.17, 15) is 0 Å². The summed E-state index contributed by atoms with van der Waals surface area (Å²) in [6, 6.07) is 10.0. The van der Waals surface area contributed by atoms with Crippen molar-refractivity contribution in [3.63, 3.8) is 0 Å². The first kappa shape index (κ1) is 13.4. The van der Waals surface area contributed by atoms with Crippen LogP contribution in [0.1, 0.15) is 31.0 Å². The minimum Gasteiger partial charge on any atom is -0.381 e. The maximum atomic E-state index is 5.88. The second kappa shape index (κ2) is 5.40. The van der Waals surface area contributed by atoms with E-state index in [0.29, 0.717) is 12.4 Å². The van der Waals surface area contributed by atoms with Gasteiger partial charge in [0.1, 0.15) is 0 Å². The Hall–Kier alpha value is -2.63. The van der Waals surface area contributed by atoms with E-state index in [0.717, 1.165) is 16.9 Å². The van der Waals surface area contributed by atoms with E-state index in [1.807, 2.05) is 52.1 Å². The predicted octanol–water partition coefficient (Wildman–Crippen LogP) is 2.22. The zero-order chi connectivity index (χ0) is 14.8. The van der Waals surface area contributed by atoms with E-state index in [4.69, 9.17) is 5.73 Å². The molecule has 6 heteroatoms. The van der Waals surface area contributed by atoms with Gasteiger partial charge in [-0.15, -0.1) is 5.10 Å². The van der Waals surface area contributed by atoms with E-state index in [1.165, 1.54) is 0 Å². The molecule has 21 heavy (non-hydrogen) atoms. The summed E-state index contributed by atoms with van der Waals surface area (Å²) < 4.78 is 3.69. The first-order valence-electron chi connectivity index (χ1n) is 6.93. The minimum absolute atomic E-state index is 0.282. The molecule has 0 saturated heterocycles. The molecule has 108 valence electrons. The Morgan fingerprint density at radius 3 is 2.67 bits per heavy atom. The van der Waals surface area contributed by atoms with E-state index in [-0.39, 0.29) is 5.92 Å². The van der Waals surface area contributed by atoms with Crippen LogP contribution in [0.2, 0.25) is 0 Å². The van der Waals surface area contributed by atoms with Gasteiger partial charge in [-0.1, -0.05) is 37.3 Å². The maximum Gasteiger partial charge on any atom is 0.169 e. The lowest BCUT2D eigenvalue weighted by Gasteiger charge is -2.08. The number of nitrogens with zero attached hydrogens (tertiary/aromatic N) is 5. The summed E-state index contributed by atoms with van der Waals surface area (Å²) in [6.45, 7) is 4.78. The van der Waals surface area contributed by atoms with Gasteiger partial charge in [-0.2, -0.15) is 5.10 Å². The highest BCUT2D eigenvalue weighted by Crippen LogP contribution is 2.20. The van der Waals surface area contributed by atoms with Gasteiger partial charge < -0.3 is 5.73 Å². The fraction of sp³-hybridized carbons (Fsp3) is 0.267. The molecule has 0 spiro atoms. The second-order valence-electron chi connectivity index (χ2n) is 5.30. The normalized spacial score (nSPS) is 11.2. The van der Waals surface area contributed by atoms with Gasteiger partial charge in [-0.05, 0) is 18.1 Å². The summed E-state index contributed by atoms with van der Waals surface area (Å²) >= 11 is 0. The van der Waals surface area contributed by atoms with Gasteiger partial charge in [0.05, 0.1) is 24.1 Å². The molecule has 0 aliphatic carbocycles. The lowest BCUT2D eigenvalue weighted by Crippen LogP contribution is -2.08. The topological polar surface area (TPSA) is 74.6 Å². The number of anilines is 1. The largest absolute Gasteiger partial charge is 0.381 e. The average molecular weight is 282 g/mol. The zero-order valence-electron chi connectivity index (χ0n) is 12.1.